The van der Waals surface area contributed by atoms with E-state index < -0.39 is 0 Å². The van der Waals surface area contributed by atoms with E-state index in [1.807, 2.05) is 0 Å². The van der Waals surface area contributed by atoms with Crippen LogP contribution in [0.15, 0.2) is 28.7 Å². The first-order valence-corrected chi connectivity index (χ1v) is 5.24. The van der Waals surface area contributed by atoms with E-state index in [1.165, 1.54) is 6.07 Å². The summed E-state index contributed by atoms with van der Waals surface area (Å²) in [6, 6.07) is 6.83. The molecule has 5 nitrogen and oxygen atoms in total. The van der Waals surface area contributed by atoms with Gasteiger partial charge in [-0.25, -0.2) is 4.39 Å². The van der Waals surface area contributed by atoms with Gasteiger partial charge in [0.05, 0.1) is 6.54 Å². The maximum atomic E-state index is 13.3. The normalized spacial score (nSPS) is 10.5. The molecule has 0 unspecified atom stereocenters. The van der Waals surface area contributed by atoms with Gasteiger partial charge < -0.3 is 15.1 Å². The molecule has 0 spiro atoms. The molecule has 17 heavy (non-hydrogen) atoms. The second-order valence-corrected chi connectivity index (χ2v) is 3.48. The summed E-state index contributed by atoms with van der Waals surface area (Å²) < 4.78 is 18.6. The van der Waals surface area contributed by atoms with Crippen molar-refractivity contribution in [2.45, 2.75) is 13.1 Å². The van der Waals surface area contributed by atoms with Crippen LogP contribution in [0.1, 0.15) is 11.5 Å². The Balaban J connectivity index is 1.95. The Labute approximate surface area is 98.1 Å². The average molecular weight is 236 g/mol. The summed E-state index contributed by atoms with van der Waals surface area (Å²) in [5, 5.41) is 13.4. The molecule has 2 rings (SSSR count). The molecule has 6 heteroatoms. The van der Waals surface area contributed by atoms with Gasteiger partial charge in [0.1, 0.15) is 5.82 Å². The van der Waals surface area contributed by atoms with E-state index in [0.29, 0.717) is 30.6 Å². The summed E-state index contributed by atoms with van der Waals surface area (Å²) in [5.74, 6) is 0.235. The van der Waals surface area contributed by atoms with E-state index in [2.05, 4.69) is 20.8 Å². The molecule has 2 N–H and O–H groups in total. The van der Waals surface area contributed by atoms with Crippen molar-refractivity contribution in [2.24, 2.45) is 0 Å². The van der Waals surface area contributed by atoms with Crippen LogP contribution < -0.4 is 10.6 Å². The monoisotopic (exact) mass is 236 g/mol. The lowest BCUT2D eigenvalue weighted by molar-refractivity contribution is 0.489. The van der Waals surface area contributed by atoms with Crippen molar-refractivity contribution in [3.8, 4) is 0 Å². The summed E-state index contributed by atoms with van der Waals surface area (Å²) in [6.07, 6.45) is 0. The van der Waals surface area contributed by atoms with Gasteiger partial charge in [-0.1, -0.05) is 23.3 Å². The number of rotatable bonds is 5. The summed E-state index contributed by atoms with van der Waals surface area (Å²) in [4.78, 5) is 0. The number of nitrogens with one attached hydrogen (secondary N) is 2. The van der Waals surface area contributed by atoms with Crippen LogP contribution in [-0.2, 0) is 13.1 Å². The molecule has 90 valence electrons. The largest absolute Gasteiger partial charge is 0.407 e. The van der Waals surface area contributed by atoms with Gasteiger partial charge in [0.15, 0.2) is 0 Å². The number of anilines is 1. The molecule has 0 radical (unpaired) electrons. The van der Waals surface area contributed by atoms with Crippen LogP contribution in [0.25, 0.3) is 0 Å². The van der Waals surface area contributed by atoms with Gasteiger partial charge in [-0.15, -0.1) is 5.10 Å². The molecule has 2 aromatic rings. The van der Waals surface area contributed by atoms with Gasteiger partial charge in [0.25, 0.3) is 0 Å². The number of hydrogen-bond donors (Lipinski definition) is 2. The lowest BCUT2D eigenvalue weighted by atomic mass is 10.2. The summed E-state index contributed by atoms with van der Waals surface area (Å²) >= 11 is 0. The predicted octanol–water partition coefficient (Wildman–Crippen LogP) is 1.54. The molecule has 0 aliphatic rings. The topological polar surface area (TPSA) is 63.0 Å². The van der Waals surface area contributed by atoms with E-state index in [4.69, 9.17) is 4.42 Å². The molecule has 0 atom stereocenters. The molecule has 0 amide bonds. The molecular formula is C11H13FN4O. The fraction of sp³-hybridized carbons (Fsp3) is 0.273. The van der Waals surface area contributed by atoms with Crippen molar-refractivity contribution in [1.29, 1.82) is 0 Å². The van der Waals surface area contributed by atoms with Crippen LogP contribution in [0.2, 0.25) is 0 Å². The minimum absolute atomic E-state index is 0.255. The Morgan fingerprint density at radius 1 is 1.24 bits per heavy atom. The molecule has 0 saturated carbocycles. The maximum Gasteiger partial charge on any atom is 0.315 e. The van der Waals surface area contributed by atoms with Crippen LogP contribution in [0.3, 0.4) is 0 Å². The quantitative estimate of drug-likeness (QED) is 0.824. The van der Waals surface area contributed by atoms with Gasteiger partial charge in [0.2, 0.25) is 5.89 Å². The lowest BCUT2D eigenvalue weighted by Gasteiger charge is -2.02. The van der Waals surface area contributed by atoms with Gasteiger partial charge >= 0.3 is 6.01 Å². The van der Waals surface area contributed by atoms with Crippen molar-refractivity contribution < 1.29 is 8.81 Å². The minimum Gasteiger partial charge on any atom is -0.407 e. The highest BCUT2D eigenvalue weighted by Crippen LogP contribution is 2.10. The highest BCUT2D eigenvalue weighted by molar-refractivity contribution is 5.24. The molecule has 1 aromatic carbocycles. The molecular weight excluding hydrogens is 223 g/mol. The molecule has 0 bridgehead atoms. The van der Waals surface area contributed by atoms with Gasteiger partial charge in [0, 0.05) is 12.1 Å². The Kier molecular flexibility index (Phi) is 3.66. The average Bonchev–Trinajstić information content (AvgIpc) is 2.76. The summed E-state index contributed by atoms with van der Waals surface area (Å²) in [6.45, 7) is 0.822. The van der Waals surface area contributed by atoms with Gasteiger partial charge in [-0.3, -0.25) is 0 Å². The first kappa shape index (κ1) is 11.5. The second-order valence-electron chi connectivity index (χ2n) is 3.48. The molecule has 1 heterocycles. The van der Waals surface area contributed by atoms with E-state index >= 15 is 0 Å². The van der Waals surface area contributed by atoms with Crippen LogP contribution >= 0.6 is 0 Å². The third-order valence-electron chi connectivity index (χ3n) is 2.18. The number of halogens is 1. The lowest BCUT2D eigenvalue weighted by Crippen LogP contribution is -2.04. The smallest absolute Gasteiger partial charge is 0.315 e. The first-order chi connectivity index (χ1) is 8.29. The Morgan fingerprint density at radius 3 is 2.82 bits per heavy atom. The van der Waals surface area contributed by atoms with Gasteiger partial charge in [-0.2, -0.15) is 0 Å². The van der Waals surface area contributed by atoms with E-state index in [-0.39, 0.29) is 5.82 Å². The summed E-state index contributed by atoms with van der Waals surface area (Å²) in [5.41, 5.74) is 0.556. The SMILES string of the molecule is CNCc1nnc(NCc2ccccc2F)o1. The van der Waals surface area contributed by atoms with Crippen LogP contribution in [0.5, 0.6) is 0 Å². The molecule has 0 aliphatic carbocycles. The third kappa shape index (κ3) is 3.01. The van der Waals surface area contributed by atoms with Crippen LogP contribution in [-0.4, -0.2) is 17.2 Å². The Hall–Kier alpha value is -1.95. The molecule has 0 aliphatic heterocycles. The standard InChI is InChI=1S/C11H13FN4O/c1-13-7-10-15-16-11(17-10)14-6-8-4-2-3-5-9(8)12/h2-5,13H,6-7H2,1H3,(H,14,16). The fourth-order valence-corrected chi connectivity index (χ4v) is 1.36. The highest BCUT2D eigenvalue weighted by atomic mass is 19.1. The third-order valence-corrected chi connectivity index (χ3v) is 2.18. The number of hydrogen-bond acceptors (Lipinski definition) is 5. The molecule has 0 fully saturated rings. The molecule has 1 aromatic heterocycles. The van der Waals surface area contributed by atoms with E-state index in [9.17, 15) is 4.39 Å². The fourth-order valence-electron chi connectivity index (χ4n) is 1.36. The maximum absolute atomic E-state index is 13.3. The Morgan fingerprint density at radius 2 is 2.06 bits per heavy atom. The second kappa shape index (κ2) is 5.40. The van der Waals surface area contributed by atoms with Crippen molar-refractivity contribution in [3.63, 3.8) is 0 Å². The zero-order valence-electron chi connectivity index (χ0n) is 9.40. The Bertz CT molecular complexity index is 486. The van der Waals surface area contributed by atoms with E-state index in [0.717, 1.165) is 0 Å². The van der Waals surface area contributed by atoms with Gasteiger partial charge in [-0.05, 0) is 13.1 Å². The highest BCUT2D eigenvalue weighted by Gasteiger charge is 2.05. The van der Waals surface area contributed by atoms with Crippen LogP contribution in [0.4, 0.5) is 10.4 Å². The first-order valence-electron chi connectivity index (χ1n) is 5.24. The van der Waals surface area contributed by atoms with E-state index in [1.54, 1.807) is 25.2 Å². The predicted molar refractivity (Wildman–Crippen MR) is 60.8 cm³/mol. The van der Waals surface area contributed by atoms with Crippen LogP contribution in [0, 0.1) is 5.82 Å². The minimum atomic E-state index is -0.255. The molecule has 0 saturated heterocycles. The van der Waals surface area contributed by atoms with Crippen molar-refractivity contribution in [1.82, 2.24) is 15.5 Å². The summed E-state index contributed by atoms with van der Waals surface area (Å²) in [7, 11) is 1.79. The number of aromatic nitrogens is 2. The zero-order chi connectivity index (χ0) is 12.1. The van der Waals surface area contributed by atoms with Crippen molar-refractivity contribution >= 4 is 6.01 Å². The van der Waals surface area contributed by atoms with Crippen molar-refractivity contribution in [3.05, 3.63) is 41.5 Å². The zero-order valence-corrected chi connectivity index (χ0v) is 9.40. The van der Waals surface area contributed by atoms with Crippen molar-refractivity contribution in [2.75, 3.05) is 12.4 Å². The number of benzene rings is 1. The number of nitrogens with zero attached hydrogens (tertiary/aromatic N) is 2.